The monoisotopic (exact) mass is 312 g/mol. The minimum absolute atomic E-state index is 0.112. The molecule has 0 aliphatic heterocycles. The van der Waals surface area contributed by atoms with Gasteiger partial charge in [0.1, 0.15) is 5.75 Å². The van der Waals surface area contributed by atoms with Gasteiger partial charge in [0.25, 0.3) is 5.91 Å². The fourth-order valence-electron chi connectivity index (χ4n) is 2.15. The molecule has 0 aliphatic rings. The van der Waals surface area contributed by atoms with Crippen molar-refractivity contribution in [3.63, 3.8) is 0 Å². The summed E-state index contributed by atoms with van der Waals surface area (Å²) in [5.74, 6) is 0.422. The fourth-order valence-corrected chi connectivity index (χ4v) is 2.15. The molecule has 0 spiro atoms. The van der Waals surface area contributed by atoms with Crippen LogP contribution < -0.4 is 15.4 Å². The summed E-state index contributed by atoms with van der Waals surface area (Å²) in [6, 6.07) is 12.7. The Bertz CT molecular complexity index is 709. The van der Waals surface area contributed by atoms with Crippen molar-refractivity contribution >= 4 is 17.5 Å². The number of benzene rings is 2. The van der Waals surface area contributed by atoms with E-state index in [0.717, 1.165) is 16.8 Å². The van der Waals surface area contributed by atoms with Crippen molar-refractivity contribution in [1.29, 1.82) is 0 Å². The molecular weight excluding hydrogens is 292 g/mol. The Labute approximate surface area is 135 Å². The van der Waals surface area contributed by atoms with Crippen molar-refractivity contribution in [3.05, 3.63) is 59.2 Å². The molecule has 2 aromatic rings. The molecule has 120 valence electrons. The van der Waals surface area contributed by atoms with E-state index < -0.39 is 0 Å². The molecule has 0 unspecified atom stereocenters. The zero-order valence-corrected chi connectivity index (χ0v) is 13.5. The summed E-state index contributed by atoms with van der Waals surface area (Å²) < 4.78 is 5.23. The maximum Gasteiger partial charge on any atom is 0.251 e. The molecule has 0 bridgehead atoms. The van der Waals surface area contributed by atoms with Crippen LogP contribution in [0.5, 0.6) is 5.75 Å². The Morgan fingerprint density at radius 2 is 1.78 bits per heavy atom. The Morgan fingerprint density at radius 3 is 2.39 bits per heavy atom. The second-order valence-electron chi connectivity index (χ2n) is 5.25. The summed E-state index contributed by atoms with van der Waals surface area (Å²) in [7, 11) is 1.58. The number of carbonyl (C=O) groups excluding carboxylic acids is 2. The predicted octanol–water partition coefficient (Wildman–Crippen LogP) is 2.89. The van der Waals surface area contributed by atoms with E-state index in [1.54, 1.807) is 31.4 Å². The number of ether oxygens (including phenoxy) is 1. The SMILES string of the molecule is COc1cc(C(=O)NCc2ccc(NC(C)=O)cc2)ccc1C. The van der Waals surface area contributed by atoms with Gasteiger partial charge in [0, 0.05) is 24.7 Å². The first-order valence-electron chi connectivity index (χ1n) is 7.29. The minimum atomic E-state index is -0.158. The van der Waals surface area contributed by atoms with Crippen LogP contribution in [0.25, 0.3) is 0 Å². The largest absolute Gasteiger partial charge is 0.496 e. The number of hydrogen-bond acceptors (Lipinski definition) is 3. The Hall–Kier alpha value is -2.82. The van der Waals surface area contributed by atoms with Gasteiger partial charge in [-0.1, -0.05) is 18.2 Å². The van der Waals surface area contributed by atoms with Crippen molar-refractivity contribution in [3.8, 4) is 5.75 Å². The molecule has 0 aliphatic carbocycles. The van der Waals surface area contributed by atoms with E-state index in [1.807, 2.05) is 25.1 Å². The number of anilines is 1. The average Bonchev–Trinajstić information content (AvgIpc) is 2.54. The van der Waals surface area contributed by atoms with Crippen LogP contribution in [0.4, 0.5) is 5.69 Å². The second kappa shape index (κ2) is 7.45. The lowest BCUT2D eigenvalue weighted by molar-refractivity contribution is -0.114. The van der Waals surface area contributed by atoms with E-state index in [2.05, 4.69) is 10.6 Å². The quantitative estimate of drug-likeness (QED) is 0.892. The normalized spacial score (nSPS) is 10.0. The first kappa shape index (κ1) is 16.5. The molecule has 2 amide bonds. The van der Waals surface area contributed by atoms with E-state index in [9.17, 15) is 9.59 Å². The maximum absolute atomic E-state index is 12.2. The first-order valence-corrected chi connectivity index (χ1v) is 7.29. The lowest BCUT2D eigenvalue weighted by atomic mass is 10.1. The highest BCUT2D eigenvalue weighted by Gasteiger charge is 2.08. The number of nitrogens with one attached hydrogen (secondary N) is 2. The van der Waals surface area contributed by atoms with E-state index in [4.69, 9.17) is 4.74 Å². The summed E-state index contributed by atoms with van der Waals surface area (Å²) in [4.78, 5) is 23.2. The molecule has 5 nitrogen and oxygen atoms in total. The van der Waals surface area contributed by atoms with Gasteiger partial charge in [0.15, 0.2) is 0 Å². The van der Waals surface area contributed by atoms with E-state index in [-0.39, 0.29) is 11.8 Å². The summed E-state index contributed by atoms with van der Waals surface area (Å²) in [5, 5.41) is 5.56. The lowest BCUT2D eigenvalue weighted by Crippen LogP contribution is -2.22. The van der Waals surface area contributed by atoms with E-state index >= 15 is 0 Å². The van der Waals surface area contributed by atoms with Gasteiger partial charge in [-0.15, -0.1) is 0 Å². The molecule has 0 aromatic heterocycles. The number of hydrogen-bond donors (Lipinski definition) is 2. The van der Waals surface area contributed by atoms with Crippen molar-refractivity contribution < 1.29 is 14.3 Å². The molecule has 2 aromatic carbocycles. The Balaban J connectivity index is 1.97. The molecule has 0 saturated carbocycles. The molecule has 2 rings (SSSR count). The lowest BCUT2D eigenvalue weighted by Gasteiger charge is -2.09. The third-order valence-corrected chi connectivity index (χ3v) is 3.40. The van der Waals surface area contributed by atoms with Gasteiger partial charge in [-0.2, -0.15) is 0 Å². The van der Waals surface area contributed by atoms with Crippen molar-refractivity contribution in [1.82, 2.24) is 5.32 Å². The van der Waals surface area contributed by atoms with Crippen molar-refractivity contribution in [2.24, 2.45) is 0 Å². The number of methoxy groups -OCH3 is 1. The van der Waals surface area contributed by atoms with Crippen LogP contribution in [-0.4, -0.2) is 18.9 Å². The Morgan fingerprint density at radius 1 is 1.09 bits per heavy atom. The van der Waals surface area contributed by atoms with Crippen molar-refractivity contribution in [2.45, 2.75) is 20.4 Å². The van der Waals surface area contributed by atoms with Crippen molar-refractivity contribution in [2.75, 3.05) is 12.4 Å². The average molecular weight is 312 g/mol. The fraction of sp³-hybridized carbons (Fsp3) is 0.222. The molecule has 5 heteroatoms. The van der Waals surface area contributed by atoms with Crippen LogP contribution in [0.15, 0.2) is 42.5 Å². The highest BCUT2D eigenvalue weighted by Crippen LogP contribution is 2.19. The molecule has 0 saturated heterocycles. The van der Waals surface area contributed by atoms with Gasteiger partial charge in [-0.25, -0.2) is 0 Å². The second-order valence-corrected chi connectivity index (χ2v) is 5.25. The maximum atomic E-state index is 12.2. The highest BCUT2D eigenvalue weighted by atomic mass is 16.5. The van der Waals surface area contributed by atoms with Gasteiger partial charge >= 0.3 is 0 Å². The van der Waals surface area contributed by atoms with E-state index in [0.29, 0.717) is 17.9 Å². The standard InChI is InChI=1S/C18H20N2O3/c1-12-4-7-15(10-17(12)23-3)18(22)19-11-14-5-8-16(9-6-14)20-13(2)21/h4-10H,11H2,1-3H3,(H,19,22)(H,20,21). The molecular formula is C18H20N2O3. The number of rotatable bonds is 5. The summed E-state index contributed by atoms with van der Waals surface area (Å²) in [5.41, 5.74) is 3.22. The van der Waals surface area contributed by atoms with Gasteiger partial charge < -0.3 is 15.4 Å². The van der Waals surface area contributed by atoms with Gasteiger partial charge in [0.2, 0.25) is 5.91 Å². The molecule has 0 atom stereocenters. The topological polar surface area (TPSA) is 67.4 Å². The van der Waals surface area contributed by atoms with Crippen LogP contribution in [0.1, 0.15) is 28.4 Å². The van der Waals surface area contributed by atoms with Crippen LogP contribution >= 0.6 is 0 Å². The summed E-state index contributed by atoms with van der Waals surface area (Å²) in [6.07, 6.45) is 0. The highest BCUT2D eigenvalue weighted by molar-refractivity contribution is 5.94. The zero-order chi connectivity index (χ0) is 16.8. The van der Waals surface area contributed by atoms with Crippen LogP contribution in [0, 0.1) is 6.92 Å². The van der Waals surface area contributed by atoms with E-state index in [1.165, 1.54) is 6.92 Å². The van der Waals surface area contributed by atoms with Gasteiger partial charge in [0.05, 0.1) is 7.11 Å². The molecule has 23 heavy (non-hydrogen) atoms. The first-order chi connectivity index (χ1) is 11.0. The summed E-state index contributed by atoms with van der Waals surface area (Å²) in [6.45, 7) is 3.80. The molecule has 2 N–H and O–H groups in total. The molecule has 0 fully saturated rings. The number of aryl methyl sites for hydroxylation is 1. The van der Waals surface area contributed by atoms with Gasteiger partial charge in [-0.3, -0.25) is 9.59 Å². The molecule has 0 radical (unpaired) electrons. The predicted molar refractivity (Wildman–Crippen MR) is 89.6 cm³/mol. The van der Waals surface area contributed by atoms with Gasteiger partial charge in [-0.05, 0) is 42.3 Å². The Kier molecular flexibility index (Phi) is 5.36. The number of amides is 2. The molecule has 0 heterocycles. The summed E-state index contributed by atoms with van der Waals surface area (Å²) >= 11 is 0. The van der Waals surface area contributed by atoms with Crippen LogP contribution in [0.3, 0.4) is 0 Å². The zero-order valence-electron chi connectivity index (χ0n) is 13.5. The smallest absolute Gasteiger partial charge is 0.251 e. The third-order valence-electron chi connectivity index (χ3n) is 3.40. The van der Waals surface area contributed by atoms with Crippen LogP contribution in [-0.2, 0) is 11.3 Å². The number of carbonyl (C=O) groups is 2. The minimum Gasteiger partial charge on any atom is -0.496 e. The third kappa shape index (κ3) is 4.57. The van der Waals surface area contributed by atoms with Crippen LogP contribution in [0.2, 0.25) is 0 Å².